The van der Waals surface area contributed by atoms with Crippen molar-refractivity contribution >= 4 is 22.5 Å². The molecule has 1 N–H and O–H groups in total. The Kier molecular flexibility index (Phi) is 5.46. The quantitative estimate of drug-likeness (QED) is 0.689. The molecule has 0 saturated carbocycles. The first kappa shape index (κ1) is 18.5. The van der Waals surface area contributed by atoms with Crippen LogP contribution in [0.2, 0.25) is 0 Å². The first-order valence-corrected chi connectivity index (χ1v) is 9.05. The van der Waals surface area contributed by atoms with E-state index in [1.807, 2.05) is 57.2 Å². The number of aromatic nitrogens is 1. The van der Waals surface area contributed by atoms with Crippen LogP contribution in [-0.4, -0.2) is 24.0 Å². The Hall–Kier alpha value is -3.26. The molecule has 2 aromatic carbocycles. The summed E-state index contributed by atoms with van der Waals surface area (Å²) in [6.45, 7) is 6.92. The molecule has 0 saturated heterocycles. The molecule has 0 bridgehead atoms. The van der Waals surface area contributed by atoms with Crippen LogP contribution in [0.5, 0.6) is 5.75 Å². The number of carbonyl (C=O) groups excluding carboxylic acids is 1. The fourth-order valence-corrected chi connectivity index (χ4v) is 3.26. The smallest absolute Gasteiger partial charge is 0.274 e. The number of aryl methyl sites for hydroxylation is 2. The predicted molar refractivity (Wildman–Crippen MR) is 107 cm³/mol. The number of carbonyl (C=O) groups is 1. The SMILES string of the molecule is CCOc1ccc(N(CCC#N)C(=O)c2cc3c(C)cc(C)cc3[nH]2)cc1. The molecular weight excluding hydrogens is 338 g/mol. The average Bonchev–Trinajstić information content (AvgIpc) is 3.08. The Labute approximate surface area is 159 Å². The van der Waals surface area contributed by atoms with Crippen molar-refractivity contribution in [3.63, 3.8) is 0 Å². The fourth-order valence-electron chi connectivity index (χ4n) is 3.26. The summed E-state index contributed by atoms with van der Waals surface area (Å²) in [5, 5.41) is 10.0. The van der Waals surface area contributed by atoms with E-state index in [2.05, 4.69) is 17.1 Å². The van der Waals surface area contributed by atoms with E-state index in [9.17, 15) is 4.79 Å². The van der Waals surface area contributed by atoms with Crippen molar-refractivity contribution in [1.29, 1.82) is 5.26 Å². The maximum Gasteiger partial charge on any atom is 0.274 e. The summed E-state index contributed by atoms with van der Waals surface area (Å²) in [5.74, 6) is 0.605. The summed E-state index contributed by atoms with van der Waals surface area (Å²) in [7, 11) is 0. The van der Waals surface area contributed by atoms with Gasteiger partial charge < -0.3 is 14.6 Å². The molecule has 3 aromatic rings. The molecule has 5 heteroatoms. The second kappa shape index (κ2) is 7.96. The summed E-state index contributed by atoms with van der Waals surface area (Å²) in [6.07, 6.45) is 0.261. The fraction of sp³-hybridized carbons (Fsp3) is 0.273. The number of nitriles is 1. The van der Waals surface area contributed by atoms with Gasteiger partial charge in [0.05, 0.1) is 19.1 Å². The van der Waals surface area contributed by atoms with Gasteiger partial charge >= 0.3 is 0 Å². The first-order chi connectivity index (χ1) is 13.0. The van der Waals surface area contributed by atoms with Crippen LogP contribution in [-0.2, 0) is 0 Å². The number of hydrogen-bond acceptors (Lipinski definition) is 3. The minimum Gasteiger partial charge on any atom is -0.494 e. The number of anilines is 1. The Morgan fingerprint density at radius 1 is 1.19 bits per heavy atom. The van der Waals surface area contributed by atoms with Crippen molar-refractivity contribution in [3.8, 4) is 11.8 Å². The molecule has 0 unspecified atom stereocenters. The molecule has 0 spiro atoms. The Bertz CT molecular complexity index is 997. The van der Waals surface area contributed by atoms with E-state index >= 15 is 0 Å². The minimum atomic E-state index is -0.150. The highest BCUT2D eigenvalue weighted by atomic mass is 16.5. The van der Waals surface area contributed by atoms with Crippen LogP contribution in [0.25, 0.3) is 10.9 Å². The third kappa shape index (κ3) is 3.95. The molecule has 1 aromatic heterocycles. The number of aromatic amines is 1. The number of fused-ring (bicyclic) bond motifs is 1. The molecule has 5 nitrogen and oxygen atoms in total. The molecule has 1 amide bonds. The van der Waals surface area contributed by atoms with Crippen LogP contribution < -0.4 is 9.64 Å². The Morgan fingerprint density at radius 2 is 1.93 bits per heavy atom. The Morgan fingerprint density at radius 3 is 2.59 bits per heavy atom. The third-order valence-corrected chi connectivity index (χ3v) is 4.47. The van der Waals surface area contributed by atoms with Crippen molar-refractivity contribution in [2.24, 2.45) is 0 Å². The number of H-pyrrole nitrogens is 1. The summed E-state index contributed by atoms with van der Waals surface area (Å²) in [5.41, 5.74) is 4.48. The molecule has 3 rings (SSSR count). The second-order valence-corrected chi connectivity index (χ2v) is 6.52. The second-order valence-electron chi connectivity index (χ2n) is 6.52. The van der Waals surface area contributed by atoms with Gasteiger partial charge in [-0.1, -0.05) is 6.07 Å². The van der Waals surface area contributed by atoms with Crippen molar-refractivity contribution in [3.05, 3.63) is 59.3 Å². The number of rotatable bonds is 6. The van der Waals surface area contributed by atoms with Crippen molar-refractivity contribution in [2.75, 3.05) is 18.1 Å². The number of nitrogens with zero attached hydrogens (tertiary/aromatic N) is 2. The lowest BCUT2D eigenvalue weighted by Gasteiger charge is -2.21. The monoisotopic (exact) mass is 361 g/mol. The molecule has 0 aliphatic heterocycles. The van der Waals surface area contributed by atoms with Crippen LogP contribution in [0.15, 0.2) is 42.5 Å². The van der Waals surface area contributed by atoms with Gasteiger partial charge in [0.2, 0.25) is 0 Å². The summed E-state index contributed by atoms with van der Waals surface area (Å²) in [4.78, 5) is 18.0. The molecule has 0 atom stereocenters. The molecule has 0 aliphatic carbocycles. The standard InChI is InChI=1S/C22H23N3O2/c1-4-27-18-8-6-17(7-9-18)25(11-5-10-23)22(26)21-14-19-16(3)12-15(2)13-20(19)24-21/h6-9,12-14,24H,4-5,11H2,1-3H3. The average molecular weight is 361 g/mol. The summed E-state index contributed by atoms with van der Waals surface area (Å²) < 4.78 is 5.47. The number of hydrogen-bond donors (Lipinski definition) is 1. The molecule has 0 aliphatic rings. The van der Waals surface area contributed by atoms with Gasteiger partial charge in [0.1, 0.15) is 11.4 Å². The molecule has 27 heavy (non-hydrogen) atoms. The maximum atomic E-state index is 13.2. The highest BCUT2D eigenvalue weighted by Gasteiger charge is 2.20. The van der Waals surface area contributed by atoms with Gasteiger partial charge in [-0.05, 0) is 68.3 Å². The minimum absolute atomic E-state index is 0.150. The normalized spacial score (nSPS) is 10.6. The van der Waals surface area contributed by atoms with Crippen molar-refractivity contribution in [2.45, 2.75) is 27.2 Å². The first-order valence-electron chi connectivity index (χ1n) is 9.05. The van der Waals surface area contributed by atoms with Crippen LogP contribution >= 0.6 is 0 Å². The topological polar surface area (TPSA) is 69.1 Å². The van der Waals surface area contributed by atoms with E-state index in [4.69, 9.17) is 10.00 Å². The van der Waals surface area contributed by atoms with Crippen LogP contribution in [0.1, 0.15) is 35.0 Å². The van der Waals surface area contributed by atoms with Crippen LogP contribution in [0, 0.1) is 25.2 Å². The molecule has 1 heterocycles. The summed E-state index contributed by atoms with van der Waals surface area (Å²) >= 11 is 0. The van der Waals surface area contributed by atoms with Crippen molar-refractivity contribution < 1.29 is 9.53 Å². The van der Waals surface area contributed by atoms with E-state index in [0.29, 0.717) is 18.8 Å². The lowest BCUT2D eigenvalue weighted by molar-refractivity contribution is 0.0983. The van der Waals surface area contributed by atoms with Crippen LogP contribution in [0.4, 0.5) is 5.69 Å². The zero-order valence-electron chi connectivity index (χ0n) is 15.9. The van der Waals surface area contributed by atoms with Gasteiger partial charge in [0.15, 0.2) is 0 Å². The van der Waals surface area contributed by atoms with Gasteiger partial charge in [-0.15, -0.1) is 0 Å². The Balaban J connectivity index is 1.96. The lowest BCUT2D eigenvalue weighted by Crippen LogP contribution is -2.32. The zero-order valence-corrected chi connectivity index (χ0v) is 15.9. The highest BCUT2D eigenvalue weighted by Crippen LogP contribution is 2.25. The molecular formula is C22H23N3O2. The largest absolute Gasteiger partial charge is 0.494 e. The van der Waals surface area contributed by atoms with E-state index in [1.54, 1.807) is 4.90 Å². The van der Waals surface area contributed by atoms with Crippen molar-refractivity contribution in [1.82, 2.24) is 4.98 Å². The van der Waals surface area contributed by atoms with Gasteiger partial charge in [-0.3, -0.25) is 4.79 Å². The van der Waals surface area contributed by atoms with E-state index in [1.165, 1.54) is 0 Å². The predicted octanol–water partition coefficient (Wildman–Crippen LogP) is 4.74. The molecule has 0 fully saturated rings. The van der Waals surface area contributed by atoms with Gasteiger partial charge in [0, 0.05) is 23.1 Å². The highest BCUT2D eigenvalue weighted by molar-refractivity contribution is 6.07. The number of nitrogens with one attached hydrogen (secondary N) is 1. The van der Waals surface area contributed by atoms with Crippen LogP contribution in [0.3, 0.4) is 0 Å². The molecule has 0 radical (unpaired) electrons. The zero-order chi connectivity index (χ0) is 19.4. The number of benzene rings is 2. The number of amides is 1. The van der Waals surface area contributed by atoms with Gasteiger partial charge in [-0.2, -0.15) is 5.26 Å². The number of ether oxygens (including phenoxy) is 1. The maximum absolute atomic E-state index is 13.2. The van der Waals surface area contributed by atoms with E-state index in [0.717, 1.165) is 33.5 Å². The van der Waals surface area contributed by atoms with E-state index in [-0.39, 0.29) is 12.3 Å². The molecule has 138 valence electrons. The third-order valence-electron chi connectivity index (χ3n) is 4.47. The van der Waals surface area contributed by atoms with Gasteiger partial charge in [0.25, 0.3) is 5.91 Å². The summed E-state index contributed by atoms with van der Waals surface area (Å²) in [6, 6.07) is 15.5. The van der Waals surface area contributed by atoms with Gasteiger partial charge in [-0.25, -0.2) is 0 Å². The lowest BCUT2D eigenvalue weighted by atomic mass is 10.1. The van der Waals surface area contributed by atoms with E-state index < -0.39 is 0 Å².